The van der Waals surface area contributed by atoms with Crippen molar-refractivity contribution in [2.45, 2.75) is 11.4 Å². The minimum absolute atomic E-state index is 0.117. The molecule has 0 saturated carbocycles. The van der Waals surface area contributed by atoms with Crippen molar-refractivity contribution in [3.8, 4) is 0 Å². The largest absolute Gasteiger partial charge is 0.311 e. The molecule has 0 bridgehead atoms. The molecule has 0 aliphatic heterocycles. The standard InChI is InChI=1S/C14H16N2O3S/c1-15(2)20(18,19)13-7-5-6-12(10-13)11-16-9-4-3-8-14(16)17/h3-10H,11H2,1-2H3. The Morgan fingerprint density at radius 2 is 1.85 bits per heavy atom. The molecule has 6 heteroatoms. The number of nitrogens with zero attached hydrogens (tertiary/aromatic N) is 2. The molecule has 0 aliphatic carbocycles. The predicted molar refractivity (Wildman–Crippen MR) is 77.1 cm³/mol. The molecule has 0 atom stereocenters. The average Bonchev–Trinajstić information content (AvgIpc) is 2.41. The Bertz CT molecular complexity index is 764. The third-order valence-corrected chi connectivity index (χ3v) is 4.74. The molecule has 5 nitrogen and oxygen atoms in total. The molecular formula is C14H16N2O3S. The molecule has 2 rings (SSSR count). The molecule has 1 aromatic heterocycles. The Labute approximate surface area is 118 Å². The van der Waals surface area contributed by atoms with Gasteiger partial charge in [-0.3, -0.25) is 4.79 Å². The van der Waals surface area contributed by atoms with Gasteiger partial charge < -0.3 is 4.57 Å². The fourth-order valence-electron chi connectivity index (χ4n) is 1.80. The number of aromatic nitrogens is 1. The summed E-state index contributed by atoms with van der Waals surface area (Å²) >= 11 is 0. The lowest BCUT2D eigenvalue weighted by molar-refractivity contribution is 0.520. The predicted octanol–water partition coefficient (Wildman–Crippen LogP) is 1.15. The summed E-state index contributed by atoms with van der Waals surface area (Å²) in [7, 11) is -0.476. The van der Waals surface area contributed by atoms with Crippen LogP contribution in [0.15, 0.2) is 58.4 Å². The summed E-state index contributed by atoms with van der Waals surface area (Å²) in [5, 5.41) is 0. The Hall–Kier alpha value is -1.92. The van der Waals surface area contributed by atoms with Gasteiger partial charge in [-0.2, -0.15) is 0 Å². The van der Waals surface area contributed by atoms with Crippen LogP contribution in [0, 0.1) is 0 Å². The van der Waals surface area contributed by atoms with Crippen molar-refractivity contribution in [2.24, 2.45) is 0 Å². The van der Waals surface area contributed by atoms with Crippen LogP contribution in [-0.4, -0.2) is 31.4 Å². The van der Waals surface area contributed by atoms with Gasteiger partial charge in [0, 0.05) is 26.4 Å². The van der Waals surface area contributed by atoms with E-state index in [1.807, 2.05) is 0 Å². The number of hydrogen-bond acceptors (Lipinski definition) is 3. The molecule has 0 amide bonds. The average molecular weight is 292 g/mol. The van der Waals surface area contributed by atoms with Gasteiger partial charge in [0.2, 0.25) is 10.0 Å². The zero-order chi connectivity index (χ0) is 14.8. The molecular weight excluding hydrogens is 276 g/mol. The number of rotatable bonds is 4. The molecule has 1 heterocycles. The van der Waals surface area contributed by atoms with E-state index in [1.165, 1.54) is 29.0 Å². The Balaban J connectivity index is 2.37. The molecule has 0 fully saturated rings. The van der Waals surface area contributed by atoms with E-state index in [0.717, 1.165) is 5.56 Å². The highest BCUT2D eigenvalue weighted by molar-refractivity contribution is 7.89. The van der Waals surface area contributed by atoms with E-state index in [4.69, 9.17) is 0 Å². The highest BCUT2D eigenvalue weighted by Crippen LogP contribution is 2.15. The summed E-state index contributed by atoms with van der Waals surface area (Å²) in [6.07, 6.45) is 1.68. The second kappa shape index (κ2) is 5.60. The summed E-state index contributed by atoms with van der Waals surface area (Å²) < 4.78 is 26.8. The van der Waals surface area contributed by atoms with E-state index in [2.05, 4.69) is 0 Å². The minimum atomic E-state index is -3.46. The lowest BCUT2D eigenvalue weighted by atomic mass is 10.2. The minimum Gasteiger partial charge on any atom is -0.311 e. The molecule has 0 N–H and O–H groups in total. The van der Waals surface area contributed by atoms with Gasteiger partial charge in [-0.25, -0.2) is 12.7 Å². The van der Waals surface area contributed by atoms with Crippen LogP contribution in [0.3, 0.4) is 0 Å². The molecule has 2 aromatic rings. The van der Waals surface area contributed by atoms with Gasteiger partial charge in [-0.05, 0) is 23.8 Å². The van der Waals surface area contributed by atoms with Crippen molar-refractivity contribution in [1.29, 1.82) is 0 Å². The maximum atomic E-state index is 12.1. The van der Waals surface area contributed by atoms with Crippen LogP contribution in [0.25, 0.3) is 0 Å². The highest BCUT2D eigenvalue weighted by Gasteiger charge is 2.17. The molecule has 106 valence electrons. The van der Waals surface area contributed by atoms with E-state index in [-0.39, 0.29) is 10.5 Å². The summed E-state index contributed by atoms with van der Waals surface area (Å²) in [4.78, 5) is 11.9. The number of benzene rings is 1. The topological polar surface area (TPSA) is 59.4 Å². The first kappa shape index (κ1) is 14.5. The van der Waals surface area contributed by atoms with Crippen LogP contribution in [0.2, 0.25) is 0 Å². The van der Waals surface area contributed by atoms with Gasteiger partial charge in [-0.15, -0.1) is 0 Å². The monoisotopic (exact) mass is 292 g/mol. The first-order valence-electron chi connectivity index (χ1n) is 6.08. The molecule has 0 radical (unpaired) electrons. The maximum absolute atomic E-state index is 12.1. The van der Waals surface area contributed by atoms with E-state index in [9.17, 15) is 13.2 Å². The number of hydrogen-bond donors (Lipinski definition) is 0. The third-order valence-electron chi connectivity index (χ3n) is 2.93. The van der Waals surface area contributed by atoms with Crippen LogP contribution in [0.4, 0.5) is 0 Å². The zero-order valence-electron chi connectivity index (χ0n) is 11.4. The summed E-state index contributed by atoms with van der Waals surface area (Å²) in [6, 6.07) is 11.5. The highest BCUT2D eigenvalue weighted by atomic mass is 32.2. The van der Waals surface area contributed by atoms with Crippen LogP contribution in [0.1, 0.15) is 5.56 Å². The van der Waals surface area contributed by atoms with Gasteiger partial charge in [0.25, 0.3) is 5.56 Å². The van der Waals surface area contributed by atoms with E-state index < -0.39 is 10.0 Å². The van der Waals surface area contributed by atoms with Crippen LogP contribution in [-0.2, 0) is 16.6 Å². The molecule has 0 aliphatic rings. The quantitative estimate of drug-likeness (QED) is 0.849. The lowest BCUT2D eigenvalue weighted by Gasteiger charge is -2.12. The van der Waals surface area contributed by atoms with Crippen LogP contribution in [0.5, 0.6) is 0 Å². The fourth-order valence-corrected chi connectivity index (χ4v) is 2.78. The van der Waals surface area contributed by atoms with Crippen molar-refractivity contribution >= 4 is 10.0 Å². The summed E-state index contributed by atoms with van der Waals surface area (Å²) in [5.74, 6) is 0. The normalized spacial score (nSPS) is 11.8. The van der Waals surface area contributed by atoms with Gasteiger partial charge >= 0.3 is 0 Å². The van der Waals surface area contributed by atoms with Gasteiger partial charge in [-0.1, -0.05) is 18.2 Å². The SMILES string of the molecule is CN(C)S(=O)(=O)c1cccc(Cn2ccccc2=O)c1. The van der Waals surface area contributed by atoms with Crippen molar-refractivity contribution in [3.63, 3.8) is 0 Å². The lowest BCUT2D eigenvalue weighted by Crippen LogP contribution is -2.22. The van der Waals surface area contributed by atoms with Crippen molar-refractivity contribution in [1.82, 2.24) is 8.87 Å². The van der Waals surface area contributed by atoms with Crippen molar-refractivity contribution < 1.29 is 8.42 Å². The van der Waals surface area contributed by atoms with Crippen molar-refractivity contribution in [2.75, 3.05) is 14.1 Å². The first-order valence-corrected chi connectivity index (χ1v) is 7.52. The van der Waals surface area contributed by atoms with Gasteiger partial charge in [0.15, 0.2) is 0 Å². The van der Waals surface area contributed by atoms with E-state index in [0.29, 0.717) is 6.54 Å². The van der Waals surface area contributed by atoms with Crippen molar-refractivity contribution in [3.05, 3.63) is 64.6 Å². The Morgan fingerprint density at radius 1 is 1.10 bits per heavy atom. The molecule has 1 aromatic carbocycles. The van der Waals surface area contributed by atoms with Crippen LogP contribution < -0.4 is 5.56 Å². The number of sulfonamides is 1. The maximum Gasteiger partial charge on any atom is 0.250 e. The summed E-state index contributed by atoms with van der Waals surface area (Å²) in [6.45, 7) is 0.344. The van der Waals surface area contributed by atoms with E-state index >= 15 is 0 Å². The summed E-state index contributed by atoms with van der Waals surface area (Å²) in [5.41, 5.74) is 0.648. The molecule has 0 spiro atoms. The Morgan fingerprint density at radius 3 is 2.50 bits per heavy atom. The number of pyridine rings is 1. The molecule has 0 saturated heterocycles. The van der Waals surface area contributed by atoms with Gasteiger partial charge in [0.1, 0.15) is 0 Å². The fraction of sp³-hybridized carbons (Fsp3) is 0.214. The molecule has 20 heavy (non-hydrogen) atoms. The first-order chi connectivity index (χ1) is 9.41. The zero-order valence-corrected chi connectivity index (χ0v) is 12.2. The second-order valence-corrected chi connectivity index (χ2v) is 6.75. The smallest absolute Gasteiger partial charge is 0.250 e. The third kappa shape index (κ3) is 2.97. The second-order valence-electron chi connectivity index (χ2n) is 4.60. The van der Waals surface area contributed by atoms with Crippen LogP contribution >= 0.6 is 0 Å². The molecule has 0 unspecified atom stereocenters. The Kier molecular flexibility index (Phi) is 4.06. The van der Waals surface area contributed by atoms with E-state index in [1.54, 1.807) is 42.6 Å². The van der Waals surface area contributed by atoms with Gasteiger partial charge in [0.05, 0.1) is 11.4 Å².